The topological polar surface area (TPSA) is 55.5 Å². The van der Waals surface area contributed by atoms with Crippen LogP contribution in [-0.4, -0.2) is 34.8 Å². The van der Waals surface area contributed by atoms with E-state index in [4.69, 9.17) is 5.73 Å². The molecule has 0 fully saturated rings. The Balaban J connectivity index is 2.78. The minimum absolute atomic E-state index is 0.0858. The van der Waals surface area contributed by atoms with Gasteiger partial charge in [-0.05, 0) is 0 Å². The van der Waals surface area contributed by atoms with Crippen LogP contribution in [0.4, 0.5) is 22.0 Å². The quantitative estimate of drug-likeness (QED) is 0.746. The first-order valence-corrected chi connectivity index (χ1v) is 4.53. The number of rotatable bonds is 2. The van der Waals surface area contributed by atoms with E-state index >= 15 is 0 Å². The summed E-state index contributed by atoms with van der Waals surface area (Å²) in [6, 6.07) is 0. The Morgan fingerprint density at radius 2 is 1.87 bits per heavy atom. The molecule has 0 spiro atoms. The van der Waals surface area contributed by atoms with Crippen LogP contribution in [0.1, 0.15) is 0 Å². The van der Waals surface area contributed by atoms with E-state index in [0.717, 1.165) is 0 Å². The molecule has 0 saturated heterocycles. The lowest BCUT2D eigenvalue weighted by atomic mass is 10.3. The highest BCUT2D eigenvalue weighted by atomic mass is 32.2. The standard InChI is InChI=1S/C6H5F5N2OS/c7-5(8,6(9,10)11)4-13-1-2(15-4)3(12)14/h1-2,4H,(H2,12,14). The first kappa shape index (κ1) is 12.2. The Morgan fingerprint density at radius 1 is 1.33 bits per heavy atom. The number of thioether (sulfide) groups is 1. The van der Waals surface area contributed by atoms with Crippen LogP contribution >= 0.6 is 11.8 Å². The maximum absolute atomic E-state index is 12.7. The van der Waals surface area contributed by atoms with Crippen LogP contribution < -0.4 is 5.73 Å². The van der Waals surface area contributed by atoms with Crippen molar-refractivity contribution in [3.63, 3.8) is 0 Å². The summed E-state index contributed by atoms with van der Waals surface area (Å²) in [6.45, 7) is 0. The lowest BCUT2D eigenvalue weighted by Gasteiger charge is -2.23. The zero-order chi connectivity index (χ0) is 11.9. The lowest BCUT2D eigenvalue weighted by molar-refractivity contribution is -0.280. The largest absolute Gasteiger partial charge is 0.456 e. The predicted molar refractivity (Wildman–Crippen MR) is 43.9 cm³/mol. The number of primary amides is 1. The van der Waals surface area contributed by atoms with Gasteiger partial charge in [0.05, 0.1) is 0 Å². The van der Waals surface area contributed by atoms with Crippen LogP contribution in [0, 0.1) is 0 Å². The summed E-state index contributed by atoms with van der Waals surface area (Å²) >= 11 is 0.0858. The van der Waals surface area contributed by atoms with Crippen molar-refractivity contribution in [2.24, 2.45) is 10.7 Å². The maximum Gasteiger partial charge on any atom is 0.456 e. The van der Waals surface area contributed by atoms with Gasteiger partial charge in [-0.15, -0.1) is 11.8 Å². The molecular weight excluding hydrogens is 243 g/mol. The van der Waals surface area contributed by atoms with E-state index < -0.39 is 28.6 Å². The molecule has 0 aromatic rings. The van der Waals surface area contributed by atoms with Crippen LogP contribution in [0.5, 0.6) is 0 Å². The van der Waals surface area contributed by atoms with Crippen LogP contribution in [0.3, 0.4) is 0 Å². The maximum atomic E-state index is 12.7. The van der Waals surface area contributed by atoms with E-state index in [9.17, 15) is 26.7 Å². The number of hydrogen-bond donors (Lipinski definition) is 1. The molecule has 2 N–H and O–H groups in total. The van der Waals surface area contributed by atoms with E-state index in [0.29, 0.717) is 6.21 Å². The van der Waals surface area contributed by atoms with Gasteiger partial charge in [0.25, 0.3) is 0 Å². The molecule has 0 bridgehead atoms. The molecule has 0 aliphatic carbocycles. The second-order valence-electron chi connectivity index (χ2n) is 2.73. The highest BCUT2D eigenvalue weighted by Gasteiger charge is 2.64. The minimum Gasteiger partial charge on any atom is -0.368 e. The number of hydrogen-bond acceptors (Lipinski definition) is 3. The van der Waals surface area contributed by atoms with Crippen molar-refractivity contribution in [3.8, 4) is 0 Å². The van der Waals surface area contributed by atoms with Crippen molar-refractivity contribution in [1.29, 1.82) is 0 Å². The fraction of sp³-hybridized carbons (Fsp3) is 0.667. The lowest BCUT2D eigenvalue weighted by Crippen LogP contribution is -2.44. The van der Waals surface area contributed by atoms with E-state index in [2.05, 4.69) is 4.99 Å². The molecule has 15 heavy (non-hydrogen) atoms. The number of halogens is 5. The summed E-state index contributed by atoms with van der Waals surface area (Å²) in [7, 11) is 0. The average molecular weight is 248 g/mol. The second-order valence-corrected chi connectivity index (χ2v) is 3.96. The zero-order valence-corrected chi connectivity index (χ0v) is 7.78. The molecule has 0 aromatic heterocycles. The molecule has 1 amide bonds. The Kier molecular flexibility index (Phi) is 2.94. The molecule has 9 heteroatoms. The first-order chi connectivity index (χ1) is 6.66. The zero-order valence-electron chi connectivity index (χ0n) is 6.96. The SMILES string of the molecule is NC(=O)C1C=NC(C(F)(F)C(F)(F)F)S1. The number of alkyl halides is 5. The van der Waals surface area contributed by atoms with Crippen molar-refractivity contribution >= 4 is 23.9 Å². The summed E-state index contributed by atoms with van der Waals surface area (Å²) in [6.07, 6.45) is -4.98. The summed E-state index contributed by atoms with van der Waals surface area (Å²) < 4.78 is 60.9. The molecule has 0 radical (unpaired) electrons. The van der Waals surface area contributed by atoms with E-state index in [1.165, 1.54) is 0 Å². The number of nitrogens with two attached hydrogens (primary N) is 1. The van der Waals surface area contributed by atoms with Gasteiger partial charge in [0, 0.05) is 6.21 Å². The van der Waals surface area contributed by atoms with Gasteiger partial charge in [-0.3, -0.25) is 9.79 Å². The van der Waals surface area contributed by atoms with Crippen LogP contribution in [-0.2, 0) is 4.79 Å². The average Bonchev–Trinajstić information content (AvgIpc) is 2.49. The summed E-state index contributed by atoms with van der Waals surface area (Å²) in [5.74, 6) is -5.96. The fourth-order valence-corrected chi connectivity index (χ4v) is 1.82. The van der Waals surface area contributed by atoms with Gasteiger partial charge in [0.15, 0.2) is 5.37 Å². The molecule has 86 valence electrons. The third-order valence-electron chi connectivity index (χ3n) is 1.60. The van der Waals surface area contributed by atoms with E-state index in [1.54, 1.807) is 0 Å². The van der Waals surface area contributed by atoms with Crippen LogP contribution in [0.15, 0.2) is 4.99 Å². The van der Waals surface area contributed by atoms with Crippen molar-refractivity contribution in [2.45, 2.75) is 22.7 Å². The minimum atomic E-state index is -5.69. The van der Waals surface area contributed by atoms with Crippen molar-refractivity contribution in [3.05, 3.63) is 0 Å². The van der Waals surface area contributed by atoms with Gasteiger partial charge in [-0.25, -0.2) is 0 Å². The molecule has 1 heterocycles. The fourth-order valence-electron chi connectivity index (χ4n) is 0.825. The Morgan fingerprint density at radius 3 is 2.20 bits per heavy atom. The second kappa shape index (κ2) is 3.62. The molecule has 1 rings (SSSR count). The van der Waals surface area contributed by atoms with Gasteiger partial charge in [-0.2, -0.15) is 22.0 Å². The van der Waals surface area contributed by atoms with Crippen LogP contribution in [0.2, 0.25) is 0 Å². The number of aliphatic imine (C=N–C) groups is 1. The van der Waals surface area contributed by atoms with Gasteiger partial charge in [-0.1, -0.05) is 0 Å². The normalized spacial score (nSPS) is 27.0. The summed E-state index contributed by atoms with van der Waals surface area (Å²) in [5.41, 5.74) is 4.74. The molecule has 0 saturated carbocycles. The third-order valence-corrected chi connectivity index (χ3v) is 2.92. The van der Waals surface area contributed by atoms with E-state index in [-0.39, 0.29) is 11.8 Å². The Bertz CT molecular complexity index is 302. The highest BCUT2D eigenvalue weighted by Crippen LogP contribution is 2.45. The predicted octanol–water partition coefficient (Wildman–Crippen LogP) is 1.18. The number of carbonyl (C=O) groups excluding carboxylic acids is 1. The third kappa shape index (κ3) is 2.21. The highest BCUT2D eigenvalue weighted by molar-refractivity contribution is 8.02. The number of amides is 1. The Hall–Kier alpha value is -0.860. The molecule has 2 unspecified atom stereocenters. The molecular formula is C6H5F5N2OS. The molecule has 1 aliphatic heterocycles. The smallest absolute Gasteiger partial charge is 0.368 e. The molecule has 2 atom stereocenters. The number of nitrogens with zero attached hydrogens (tertiary/aromatic N) is 1. The first-order valence-electron chi connectivity index (χ1n) is 3.59. The summed E-state index contributed by atoms with van der Waals surface area (Å²) in [5, 5.41) is -3.57. The molecule has 1 aliphatic rings. The van der Waals surface area contributed by atoms with Gasteiger partial charge in [0.2, 0.25) is 5.91 Å². The van der Waals surface area contributed by atoms with E-state index in [1.807, 2.05) is 0 Å². The molecule has 0 aromatic carbocycles. The van der Waals surface area contributed by atoms with Crippen molar-refractivity contribution in [1.82, 2.24) is 0 Å². The van der Waals surface area contributed by atoms with Crippen molar-refractivity contribution in [2.75, 3.05) is 0 Å². The molecule has 3 nitrogen and oxygen atoms in total. The monoisotopic (exact) mass is 248 g/mol. The summed E-state index contributed by atoms with van der Waals surface area (Å²) in [4.78, 5) is 13.5. The van der Waals surface area contributed by atoms with Gasteiger partial charge < -0.3 is 5.73 Å². The Labute approximate surface area is 84.9 Å². The van der Waals surface area contributed by atoms with Crippen LogP contribution in [0.25, 0.3) is 0 Å². The van der Waals surface area contributed by atoms with Gasteiger partial charge in [0.1, 0.15) is 5.25 Å². The van der Waals surface area contributed by atoms with Gasteiger partial charge >= 0.3 is 12.1 Å². The number of carbonyl (C=O) groups is 1. The van der Waals surface area contributed by atoms with Crippen molar-refractivity contribution < 1.29 is 26.7 Å².